The zero-order valence-corrected chi connectivity index (χ0v) is 9.87. The minimum Gasteiger partial charge on any atom is -0.266 e. The van der Waals surface area contributed by atoms with Crippen LogP contribution in [0.4, 0.5) is 5.69 Å². The molecule has 18 heavy (non-hydrogen) atoms. The smallest absolute Gasteiger partial charge is 0.266 e. The van der Waals surface area contributed by atoms with Crippen LogP contribution in [0.1, 0.15) is 15.9 Å². The fraction of sp³-hybridized carbons (Fsp3) is 0.133. The Labute approximate surface area is 106 Å². The lowest BCUT2D eigenvalue weighted by atomic mass is 10.1. The standard InChI is InChI=1S/C15H13NO2/c17-15(13-7-2-1-3-8-13)16-14-9-5-4-6-12(14)10-11-18-16/h1-9H,10-11H2. The monoisotopic (exact) mass is 239 g/mol. The van der Waals surface area contributed by atoms with E-state index in [0.717, 1.165) is 17.7 Å². The minimum absolute atomic E-state index is 0.122. The number of rotatable bonds is 1. The zero-order valence-electron chi connectivity index (χ0n) is 9.87. The van der Waals surface area contributed by atoms with Crippen LogP contribution in [0.2, 0.25) is 0 Å². The SMILES string of the molecule is O=C(c1ccccc1)N1OCCc2ccccc21. The number of hydroxylamine groups is 1. The lowest BCUT2D eigenvalue weighted by molar-refractivity contribution is 0.0618. The van der Waals surface area contributed by atoms with Gasteiger partial charge >= 0.3 is 0 Å². The van der Waals surface area contributed by atoms with Crippen molar-refractivity contribution in [2.24, 2.45) is 0 Å². The van der Waals surface area contributed by atoms with E-state index in [9.17, 15) is 4.79 Å². The van der Waals surface area contributed by atoms with E-state index in [-0.39, 0.29) is 5.91 Å². The summed E-state index contributed by atoms with van der Waals surface area (Å²) in [5.41, 5.74) is 2.62. The topological polar surface area (TPSA) is 29.5 Å². The highest BCUT2D eigenvalue weighted by atomic mass is 16.7. The van der Waals surface area contributed by atoms with Gasteiger partial charge in [-0.05, 0) is 23.8 Å². The molecule has 0 atom stereocenters. The van der Waals surface area contributed by atoms with Crippen molar-refractivity contribution in [2.75, 3.05) is 11.7 Å². The molecule has 0 saturated heterocycles. The first-order valence-electron chi connectivity index (χ1n) is 5.96. The molecular weight excluding hydrogens is 226 g/mol. The number of benzene rings is 2. The molecule has 0 aromatic heterocycles. The zero-order chi connectivity index (χ0) is 12.4. The van der Waals surface area contributed by atoms with E-state index in [1.807, 2.05) is 42.5 Å². The number of anilines is 1. The van der Waals surface area contributed by atoms with E-state index in [2.05, 4.69) is 0 Å². The number of carbonyl (C=O) groups is 1. The van der Waals surface area contributed by atoms with E-state index >= 15 is 0 Å². The molecule has 0 radical (unpaired) electrons. The van der Waals surface area contributed by atoms with E-state index < -0.39 is 0 Å². The van der Waals surface area contributed by atoms with Gasteiger partial charge in [-0.3, -0.25) is 9.63 Å². The summed E-state index contributed by atoms with van der Waals surface area (Å²) in [5, 5.41) is 1.40. The molecule has 0 spiro atoms. The van der Waals surface area contributed by atoms with Gasteiger partial charge < -0.3 is 0 Å². The summed E-state index contributed by atoms with van der Waals surface area (Å²) < 4.78 is 0. The lowest BCUT2D eigenvalue weighted by Crippen LogP contribution is -2.35. The van der Waals surface area contributed by atoms with E-state index in [1.54, 1.807) is 12.1 Å². The summed E-state index contributed by atoms with van der Waals surface area (Å²) in [4.78, 5) is 17.9. The highest BCUT2D eigenvalue weighted by Gasteiger charge is 2.24. The Balaban J connectivity index is 1.97. The van der Waals surface area contributed by atoms with Crippen LogP contribution in [-0.4, -0.2) is 12.5 Å². The summed E-state index contributed by atoms with van der Waals surface area (Å²) in [6.45, 7) is 0.537. The number of amides is 1. The number of hydrogen-bond acceptors (Lipinski definition) is 2. The van der Waals surface area contributed by atoms with Crippen LogP contribution in [0.5, 0.6) is 0 Å². The van der Waals surface area contributed by atoms with Crippen LogP contribution >= 0.6 is 0 Å². The lowest BCUT2D eigenvalue weighted by Gasteiger charge is -2.28. The average molecular weight is 239 g/mol. The predicted molar refractivity (Wildman–Crippen MR) is 69.3 cm³/mol. The van der Waals surface area contributed by atoms with Gasteiger partial charge in [0, 0.05) is 12.0 Å². The molecule has 3 heteroatoms. The molecule has 0 fully saturated rings. The molecule has 1 heterocycles. The molecule has 0 unspecified atom stereocenters. The fourth-order valence-electron chi connectivity index (χ4n) is 2.10. The van der Waals surface area contributed by atoms with E-state index in [4.69, 9.17) is 4.84 Å². The van der Waals surface area contributed by atoms with Crippen molar-refractivity contribution in [1.29, 1.82) is 0 Å². The molecule has 0 bridgehead atoms. The molecule has 2 aromatic rings. The first kappa shape index (κ1) is 11.0. The van der Waals surface area contributed by atoms with Crippen molar-refractivity contribution in [1.82, 2.24) is 0 Å². The van der Waals surface area contributed by atoms with Crippen LogP contribution in [0.15, 0.2) is 54.6 Å². The van der Waals surface area contributed by atoms with Crippen LogP contribution < -0.4 is 5.06 Å². The fourth-order valence-corrected chi connectivity index (χ4v) is 2.10. The molecule has 1 aliphatic heterocycles. The molecule has 3 rings (SSSR count). The average Bonchev–Trinajstić information content (AvgIpc) is 2.47. The van der Waals surface area contributed by atoms with Crippen molar-refractivity contribution in [3.05, 3.63) is 65.7 Å². The quantitative estimate of drug-likeness (QED) is 0.765. The second-order valence-corrected chi connectivity index (χ2v) is 4.18. The first-order valence-corrected chi connectivity index (χ1v) is 5.96. The molecule has 1 amide bonds. The Kier molecular flexibility index (Phi) is 2.82. The highest BCUT2D eigenvalue weighted by molar-refractivity contribution is 6.05. The van der Waals surface area contributed by atoms with Gasteiger partial charge in [0.25, 0.3) is 5.91 Å². The van der Waals surface area contributed by atoms with Gasteiger partial charge in [0.15, 0.2) is 0 Å². The number of fused-ring (bicyclic) bond motifs is 1. The summed E-state index contributed by atoms with van der Waals surface area (Å²) in [7, 11) is 0. The van der Waals surface area contributed by atoms with Crippen molar-refractivity contribution in [3.8, 4) is 0 Å². The highest BCUT2D eigenvalue weighted by Crippen LogP contribution is 2.26. The largest absolute Gasteiger partial charge is 0.282 e. The maximum Gasteiger partial charge on any atom is 0.282 e. The van der Waals surface area contributed by atoms with Crippen molar-refractivity contribution >= 4 is 11.6 Å². The van der Waals surface area contributed by atoms with Gasteiger partial charge in [0.2, 0.25) is 0 Å². The molecule has 3 nitrogen and oxygen atoms in total. The Bertz CT molecular complexity index is 566. The van der Waals surface area contributed by atoms with Gasteiger partial charge in [0.1, 0.15) is 0 Å². The van der Waals surface area contributed by atoms with Crippen LogP contribution in [0.3, 0.4) is 0 Å². The number of hydrogen-bond donors (Lipinski definition) is 0. The van der Waals surface area contributed by atoms with Crippen LogP contribution in [0, 0.1) is 0 Å². The molecule has 0 N–H and O–H groups in total. The van der Waals surface area contributed by atoms with Gasteiger partial charge in [0.05, 0.1) is 12.3 Å². The van der Waals surface area contributed by atoms with Gasteiger partial charge in [-0.2, -0.15) is 5.06 Å². The second-order valence-electron chi connectivity index (χ2n) is 4.18. The molecule has 2 aromatic carbocycles. The number of carbonyl (C=O) groups excluding carboxylic acids is 1. The summed E-state index contributed by atoms with van der Waals surface area (Å²) >= 11 is 0. The molecule has 0 aliphatic carbocycles. The third-order valence-electron chi connectivity index (χ3n) is 3.01. The maximum atomic E-state index is 12.4. The van der Waals surface area contributed by atoms with Gasteiger partial charge in [-0.25, -0.2) is 0 Å². The molecule has 90 valence electrons. The van der Waals surface area contributed by atoms with Gasteiger partial charge in [-0.1, -0.05) is 36.4 Å². The Hall–Kier alpha value is -2.13. The number of nitrogens with zero attached hydrogens (tertiary/aromatic N) is 1. The summed E-state index contributed by atoms with van der Waals surface area (Å²) in [5.74, 6) is -0.122. The minimum atomic E-state index is -0.122. The second kappa shape index (κ2) is 4.63. The molecule has 0 saturated carbocycles. The van der Waals surface area contributed by atoms with E-state index in [0.29, 0.717) is 12.2 Å². The third kappa shape index (κ3) is 1.89. The molecule has 1 aliphatic rings. The van der Waals surface area contributed by atoms with Crippen molar-refractivity contribution < 1.29 is 9.63 Å². The predicted octanol–water partition coefficient (Wildman–Crippen LogP) is 2.82. The third-order valence-corrected chi connectivity index (χ3v) is 3.01. The Morgan fingerprint density at radius 2 is 1.72 bits per heavy atom. The van der Waals surface area contributed by atoms with Crippen LogP contribution in [0.25, 0.3) is 0 Å². The molecular formula is C15H13NO2. The van der Waals surface area contributed by atoms with Crippen LogP contribution in [-0.2, 0) is 11.3 Å². The summed E-state index contributed by atoms with van der Waals surface area (Å²) in [6.07, 6.45) is 0.842. The Morgan fingerprint density at radius 1 is 1.00 bits per heavy atom. The number of para-hydroxylation sites is 1. The maximum absolute atomic E-state index is 12.4. The van der Waals surface area contributed by atoms with Crippen molar-refractivity contribution in [3.63, 3.8) is 0 Å². The normalized spacial score (nSPS) is 14.1. The van der Waals surface area contributed by atoms with Gasteiger partial charge in [-0.15, -0.1) is 0 Å². The Morgan fingerprint density at radius 3 is 2.56 bits per heavy atom. The first-order chi connectivity index (χ1) is 8.86. The van der Waals surface area contributed by atoms with Crippen molar-refractivity contribution in [2.45, 2.75) is 6.42 Å². The van der Waals surface area contributed by atoms with E-state index in [1.165, 1.54) is 5.06 Å². The summed E-state index contributed by atoms with van der Waals surface area (Å²) in [6, 6.07) is 17.0.